The molecule has 0 amide bonds. The molecule has 1 aliphatic rings. The van der Waals surface area contributed by atoms with Gasteiger partial charge < -0.3 is 19.3 Å². The zero-order chi connectivity index (χ0) is 23.3. The molecule has 1 aromatic rings. The molecule has 1 aromatic carbocycles. The largest absolute Gasteiger partial charge is 0.466 e. The van der Waals surface area contributed by atoms with Crippen molar-refractivity contribution in [2.75, 3.05) is 41.4 Å². The highest BCUT2D eigenvalue weighted by Gasteiger charge is 2.38. The summed E-state index contributed by atoms with van der Waals surface area (Å²) in [7, 11) is 6.86. The third-order valence-corrected chi connectivity index (χ3v) is 5.40. The van der Waals surface area contributed by atoms with Crippen LogP contribution in [0.5, 0.6) is 0 Å². The Kier molecular flexibility index (Phi) is 9.78. The van der Waals surface area contributed by atoms with Gasteiger partial charge in [0.25, 0.3) is 6.47 Å². The monoisotopic (exact) mass is 476 g/mol. The first-order valence-electron chi connectivity index (χ1n) is 9.64. The van der Waals surface area contributed by atoms with E-state index in [1.54, 1.807) is 7.05 Å². The van der Waals surface area contributed by atoms with Crippen LogP contribution < -0.4 is 0 Å². The topological polar surface area (TPSA) is 59.1 Å². The number of methoxy groups -OCH3 is 1. The van der Waals surface area contributed by atoms with Crippen LogP contribution in [-0.2, 0) is 25.2 Å². The number of benzene rings is 1. The Morgan fingerprint density at radius 3 is 2.28 bits per heavy atom. The first-order chi connectivity index (χ1) is 14.5. The van der Waals surface area contributed by atoms with Crippen LogP contribution in [0, 0.1) is 0 Å². The van der Waals surface area contributed by atoms with E-state index in [0.717, 1.165) is 17.8 Å². The molecular formula is C22H28ClF3N2O4. The zero-order valence-corrected chi connectivity index (χ0v) is 19.5. The summed E-state index contributed by atoms with van der Waals surface area (Å²) in [5, 5.41) is 0. The summed E-state index contributed by atoms with van der Waals surface area (Å²) in [6.07, 6.45) is -3.96. The summed E-state index contributed by atoms with van der Waals surface area (Å²) in [5.74, 6) is -1.29. The lowest BCUT2D eigenvalue weighted by atomic mass is 9.79. The van der Waals surface area contributed by atoms with Gasteiger partial charge in [-0.3, -0.25) is 4.79 Å². The maximum atomic E-state index is 13.1. The van der Waals surface area contributed by atoms with E-state index >= 15 is 0 Å². The smallest absolute Gasteiger partial charge is 0.416 e. The van der Waals surface area contributed by atoms with Crippen LogP contribution in [0.15, 0.2) is 46.8 Å². The minimum atomic E-state index is -4.47. The van der Waals surface area contributed by atoms with Crippen LogP contribution in [-0.4, -0.2) is 63.6 Å². The summed E-state index contributed by atoms with van der Waals surface area (Å²) >= 11 is 0. The second-order valence-corrected chi connectivity index (χ2v) is 7.53. The van der Waals surface area contributed by atoms with Crippen molar-refractivity contribution in [3.05, 3.63) is 57.9 Å². The fraction of sp³-hybridized carbons (Fsp3) is 0.455. The number of hydrogen-bond acceptors (Lipinski definition) is 6. The van der Waals surface area contributed by atoms with Gasteiger partial charge in [-0.25, -0.2) is 4.79 Å². The molecule has 1 aliphatic heterocycles. The van der Waals surface area contributed by atoms with Gasteiger partial charge in [-0.1, -0.05) is 12.1 Å². The van der Waals surface area contributed by atoms with Crippen LogP contribution in [0.25, 0.3) is 0 Å². The summed E-state index contributed by atoms with van der Waals surface area (Å²) in [5.41, 5.74) is 2.08. The Balaban J connectivity index is 0.00000512. The van der Waals surface area contributed by atoms with Gasteiger partial charge in [-0.15, -0.1) is 12.4 Å². The number of carbonyl (C=O) groups excluding carboxylic acids is 2. The Bertz CT molecular complexity index is 880. The third kappa shape index (κ3) is 6.04. The van der Waals surface area contributed by atoms with E-state index in [0.29, 0.717) is 41.8 Å². The summed E-state index contributed by atoms with van der Waals surface area (Å²) < 4.78 is 49.2. The van der Waals surface area contributed by atoms with Crippen molar-refractivity contribution in [2.45, 2.75) is 25.4 Å². The number of allylic oxidation sites excluding steroid dienone is 1. The van der Waals surface area contributed by atoms with Crippen LogP contribution in [0.1, 0.15) is 30.4 Å². The summed E-state index contributed by atoms with van der Waals surface area (Å²) in [6, 6.07) is 4.66. The fourth-order valence-corrected chi connectivity index (χ4v) is 3.67. The second kappa shape index (κ2) is 11.4. The van der Waals surface area contributed by atoms with E-state index in [9.17, 15) is 22.8 Å². The van der Waals surface area contributed by atoms with Gasteiger partial charge >= 0.3 is 12.1 Å². The quantitative estimate of drug-likeness (QED) is 0.418. The fourth-order valence-electron chi connectivity index (χ4n) is 3.67. The van der Waals surface area contributed by atoms with Crippen molar-refractivity contribution in [2.24, 2.45) is 0 Å². The number of alkyl halides is 3. The molecule has 178 valence electrons. The minimum Gasteiger partial charge on any atom is -0.466 e. The van der Waals surface area contributed by atoms with Gasteiger partial charge in [0.05, 0.1) is 18.2 Å². The van der Waals surface area contributed by atoms with E-state index in [4.69, 9.17) is 9.47 Å². The lowest BCUT2D eigenvalue weighted by Gasteiger charge is -2.38. The van der Waals surface area contributed by atoms with Crippen molar-refractivity contribution < 1.29 is 32.2 Å². The summed E-state index contributed by atoms with van der Waals surface area (Å²) in [4.78, 5) is 27.5. The van der Waals surface area contributed by atoms with E-state index in [1.807, 2.05) is 30.8 Å². The maximum Gasteiger partial charge on any atom is 0.416 e. The molecule has 0 fully saturated rings. The molecule has 0 saturated heterocycles. The molecule has 0 saturated carbocycles. The molecule has 0 aliphatic carbocycles. The molecule has 0 aromatic heterocycles. The first kappa shape index (κ1) is 27.5. The van der Waals surface area contributed by atoms with E-state index in [2.05, 4.69) is 0 Å². The lowest BCUT2D eigenvalue weighted by Crippen LogP contribution is -2.34. The highest BCUT2D eigenvalue weighted by atomic mass is 35.5. The number of halogens is 4. The molecule has 32 heavy (non-hydrogen) atoms. The van der Waals surface area contributed by atoms with E-state index < -0.39 is 23.6 Å². The predicted octanol–water partition coefficient (Wildman–Crippen LogP) is 3.98. The minimum absolute atomic E-state index is 0. The Labute approximate surface area is 192 Å². The van der Waals surface area contributed by atoms with Crippen LogP contribution in [0.2, 0.25) is 0 Å². The molecule has 1 atom stereocenters. The van der Waals surface area contributed by atoms with Gasteiger partial charge in [0.15, 0.2) is 0 Å². The summed E-state index contributed by atoms with van der Waals surface area (Å²) in [6.45, 7) is 2.66. The van der Waals surface area contributed by atoms with Crippen molar-refractivity contribution >= 4 is 24.8 Å². The lowest BCUT2D eigenvalue weighted by molar-refractivity contribution is -0.138. The zero-order valence-electron chi connectivity index (χ0n) is 18.7. The molecular weight excluding hydrogens is 449 g/mol. The third-order valence-electron chi connectivity index (χ3n) is 5.40. The standard InChI is InChI=1S/C22H27F3N2O4.ClH/c1-14-17(12-31-13-28)19(15-6-8-16(9-7-15)22(23,24)25)20(21(29)30-5)18(27(14)4)10-11-26(2)3;/h6-9,13,19H,10-12H2,1-5H3;1H. The highest BCUT2D eigenvalue weighted by molar-refractivity contribution is 5.92. The number of nitrogens with zero attached hydrogens (tertiary/aromatic N) is 2. The average Bonchev–Trinajstić information content (AvgIpc) is 2.72. The second-order valence-electron chi connectivity index (χ2n) is 7.53. The molecule has 6 nitrogen and oxygen atoms in total. The van der Waals surface area contributed by atoms with Crippen molar-refractivity contribution in [3.8, 4) is 0 Å². The molecule has 10 heteroatoms. The maximum absolute atomic E-state index is 13.1. The van der Waals surface area contributed by atoms with Gasteiger partial charge in [-0.2, -0.15) is 13.2 Å². The number of esters is 1. The van der Waals surface area contributed by atoms with Gasteiger partial charge in [0.2, 0.25) is 0 Å². The van der Waals surface area contributed by atoms with Gasteiger partial charge in [-0.05, 0) is 44.3 Å². The normalized spacial score (nSPS) is 16.8. The Hall–Kier alpha value is -2.52. The van der Waals surface area contributed by atoms with Crippen LogP contribution >= 0.6 is 12.4 Å². The van der Waals surface area contributed by atoms with Crippen LogP contribution in [0.4, 0.5) is 13.2 Å². The van der Waals surface area contributed by atoms with Crippen LogP contribution in [0.3, 0.4) is 0 Å². The predicted molar refractivity (Wildman–Crippen MR) is 116 cm³/mol. The molecule has 1 unspecified atom stereocenters. The highest BCUT2D eigenvalue weighted by Crippen LogP contribution is 2.43. The molecule has 1 heterocycles. The van der Waals surface area contributed by atoms with Crippen molar-refractivity contribution in [1.82, 2.24) is 9.80 Å². The molecule has 0 spiro atoms. The van der Waals surface area contributed by atoms with Crippen molar-refractivity contribution in [3.63, 3.8) is 0 Å². The first-order valence-corrected chi connectivity index (χ1v) is 9.64. The molecule has 0 N–H and O–H groups in total. The van der Waals surface area contributed by atoms with E-state index in [1.165, 1.54) is 19.2 Å². The Morgan fingerprint density at radius 2 is 1.81 bits per heavy atom. The van der Waals surface area contributed by atoms with Gasteiger partial charge in [0, 0.05) is 37.3 Å². The SMILES string of the molecule is COC(=O)C1=C(CCN(C)C)N(C)C(C)=C(COC=O)C1c1ccc(C(F)(F)F)cc1.Cl. The molecule has 0 radical (unpaired) electrons. The van der Waals surface area contributed by atoms with Crippen molar-refractivity contribution in [1.29, 1.82) is 0 Å². The molecule has 2 rings (SSSR count). The van der Waals surface area contributed by atoms with Gasteiger partial charge in [0.1, 0.15) is 6.61 Å². The number of ether oxygens (including phenoxy) is 2. The molecule has 0 bridgehead atoms. The Morgan fingerprint density at radius 1 is 1.22 bits per heavy atom. The average molecular weight is 477 g/mol. The number of carbonyl (C=O) groups is 2. The number of rotatable bonds is 8. The number of hydrogen-bond donors (Lipinski definition) is 0. The van der Waals surface area contributed by atoms with E-state index in [-0.39, 0.29) is 19.0 Å².